The number of aryl methyl sites for hydroxylation is 1. The fraction of sp³-hybridized carbons (Fsp3) is 0.276. The van der Waals surface area contributed by atoms with Crippen molar-refractivity contribution in [2.24, 2.45) is 5.92 Å². The summed E-state index contributed by atoms with van der Waals surface area (Å²) < 4.78 is 0. The largest absolute Gasteiger partial charge is 0.481 e. The predicted octanol–water partition coefficient (Wildman–Crippen LogP) is 6.39. The summed E-state index contributed by atoms with van der Waals surface area (Å²) >= 11 is 0. The van der Waals surface area contributed by atoms with Crippen molar-refractivity contribution in [3.8, 4) is 11.1 Å². The molecule has 0 fully saturated rings. The first-order chi connectivity index (χ1) is 16.5. The zero-order chi connectivity index (χ0) is 24.3. The molecule has 5 nitrogen and oxygen atoms in total. The van der Waals surface area contributed by atoms with E-state index >= 15 is 0 Å². The first-order valence-corrected chi connectivity index (χ1v) is 11.8. The van der Waals surface area contributed by atoms with Crippen molar-refractivity contribution >= 4 is 23.3 Å². The van der Waals surface area contributed by atoms with E-state index in [2.05, 4.69) is 12.2 Å². The fourth-order valence-corrected chi connectivity index (χ4v) is 3.80. The van der Waals surface area contributed by atoms with E-state index in [1.54, 1.807) is 12.1 Å². The van der Waals surface area contributed by atoms with Gasteiger partial charge in [0.1, 0.15) is 0 Å². The SMILES string of the molecule is CCCCC(=O)Nc1ccc(-c2ccc(C(=O)CC(CCc3ccccc3)C(=O)O)cc2)cc1. The number of carboxylic acids is 1. The maximum absolute atomic E-state index is 12.7. The molecule has 0 aliphatic rings. The number of nitrogens with one attached hydrogen (secondary N) is 1. The van der Waals surface area contributed by atoms with Crippen LogP contribution in [0.3, 0.4) is 0 Å². The van der Waals surface area contributed by atoms with Gasteiger partial charge in [0.05, 0.1) is 5.92 Å². The fourth-order valence-electron chi connectivity index (χ4n) is 3.80. The molecule has 1 amide bonds. The lowest BCUT2D eigenvalue weighted by molar-refractivity contribution is -0.141. The second kappa shape index (κ2) is 12.5. The molecule has 3 rings (SSSR count). The lowest BCUT2D eigenvalue weighted by Gasteiger charge is -2.12. The molecule has 1 unspecified atom stereocenters. The number of aliphatic carboxylic acids is 1. The minimum absolute atomic E-state index is 0.0147. The molecule has 0 bridgehead atoms. The van der Waals surface area contributed by atoms with Crippen LogP contribution in [0.15, 0.2) is 78.9 Å². The predicted molar refractivity (Wildman–Crippen MR) is 135 cm³/mol. The third-order valence-electron chi connectivity index (χ3n) is 5.87. The van der Waals surface area contributed by atoms with Crippen molar-refractivity contribution in [2.45, 2.75) is 45.4 Å². The van der Waals surface area contributed by atoms with E-state index in [1.807, 2.05) is 66.7 Å². The molecule has 2 N–H and O–H groups in total. The highest BCUT2D eigenvalue weighted by molar-refractivity contribution is 5.98. The Kier molecular flexibility index (Phi) is 9.15. The van der Waals surface area contributed by atoms with Crippen LogP contribution in [-0.4, -0.2) is 22.8 Å². The van der Waals surface area contributed by atoms with Gasteiger partial charge >= 0.3 is 5.97 Å². The number of benzene rings is 3. The summed E-state index contributed by atoms with van der Waals surface area (Å²) in [5.74, 6) is -1.81. The molecule has 3 aromatic carbocycles. The number of anilines is 1. The molecular weight excluding hydrogens is 426 g/mol. The van der Waals surface area contributed by atoms with E-state index in [1.165, 1.54) is 0 Å². The number of carbonyl (C=O) groups excluding carboxylic acids is 2. The molecule has 0 spiro atoms. The standard InChI is InChI=1S/C29H31NO4/c1-2-3-9-28(32)30-26-18-16-23(17-19-26)22-12-14-24(15-13-22)27(31)20-25(29(33)34)11-10-21-7-5-4-6-8-21/h4-8,12-19,25H,2-3,9-11,20H2,1H3,(H,30,32)(H,33,34). The van der Waals surface area contributed by atoms with Gasteiger partial charge in [-0.05, 0) is 48.1 Å². The molecule has 0 saturated carbocycles. The van der Waals surface area contributed by atoms with Gasteiger partial charge in [0.2, 0.25) is 5.91 Å². The molecule has 0 heterocycles. The molecule has 0 aliphatic heterocycles. The summed E-state index contributed by atoms with van der Waals surface area (Å²) in [5.41, 5.74) is 4.24. The normalized spacial score (nSPS) is 11.6. The van der Waals surface area contributed by atoms with E-state index < -0.39 is 11.9 Å². The molecule has 5 heteroatoms. The van der Waals surface area contributed by atoms with Gasteiger partial charge < -0.3 is 10.4 Å². The summed E-state index contributed by atoms with van der Waals surface area (Å²) in [4.78, 5) is 36.3. The van der Waals surface area contributed by atoms with Crippen LogP contribution >= 0.6 is 0 Å². The van der Waals surface area contributed by atoms with E-state index in [4.69, 9.17) is 0 Å². The van der Waals surface area contributed by atoms with Gasteiger partial charge in [0.15, 0.2) is 5.78 Å². The number of amides is 1. The van der Waals surface area contributed by atoms with Gasteiger partial charge in [-0.2, -0.15) is 0 Å². The highest BCUT2D eigenvalue weighted by Crippen LogP contribution is 2.24. The summed E-state index contributed by atoms with van der Waals surface area (Å²) in [7, 11) is 0. The quantitative estimate of drug-likeness (QED) is 0.309. The Morgan fingerprint density at radius 1 is 0.853 bits per heavy atom. The van der Waals surface area contributed by atoms with Gasteiger partial charge in [-0.25, -0.2) is 0 Å². The van der Waals surface area contributed by atoms with E-state index in [9.17, 15) is 19.5 Å². The average molecular weight is 458 g/mol. The average Bonchev–Trinajstić information content (AvgIpc) is 2.86. The van der Waals surface area contributed by atoms with Gasteiger partial charge in [-0.3, -0.25) is 14.4 Å². The van der Waals surface area contributed by atoms with E-state index in [0.717, 1.165) is 35.2 Å². The van der Waals surface area contributed by atoms with Crippen molar-refractivity contribution in [1.82, 2.24) is 0 Å². The Morgan fingerprint density at radius 3 is 2.06 bits per heavy atom. The van der Waals surface area contributed by atoms with Gasteiger partial charge in [0.25, 0.3) is 0 Å². The topological polar surface area (TPSA) is 83.5 Å². The third-order valence-corrected chi connectivity index (χ3v) is 5.87. The Bertz CT molecular complexity index is 1090. The molecule has 3 aromatic rings. The minimum atomic E-state index is -0.942. The Labute approximate surface area is 200 Å². The monoisotopic (exact) mass is 457 g/mol. The first-order valence-electron chi connectivity index (χ1n) is 11.8. The zero-order valence-corrected chi connectivity index (χ0v) is 19.5. The van der Waals surface area contributed by atoms with Crippen LogP contribution in [0.5, 0.6) is 0 Å². The highest BCUT2D eigenvalue weighted by atomic mass is 16.4. The molecular formula is C29H31NO4. The lowest BCUT2D eigenvalue weighted by atomic mass is 9.92. The van der Waals surface area contributed by atoms with Crippen LogP contribution in [-0.2, 0) is 16.0 Å². The Hall–Kier alpha value is -3.73. The van der Waals surface area contributed by atoms with Gasteiger partial charge in [0, 0.05) is 24.1 Å². The van der Waals surface area contributed by atoms with Crippen molar-refractivity contribution in [1.29, 1.82) is 0 Å². The Balaban J connectivity index is 1.58. The summed E-state index contributed by atoms with van der Waals surface area (Å²) in [5, 5.41) is 12.5. The Morgan fingerprint density at radius 2 is 1.47 bits per heavy atom. The van der Waals surface area contributed by atoms with Crippen LogP contribution in [0.4, 0.5) is 5.69 Å². The number of carboxylic acid groups (broad SMARTS) is 1. The first kappa shape index (κ1) is 24.9. The van der Waals surface area contributed by atoms with Crippen molar-refractivity contribution < 1.29 is 19.5 Å². The van der Waals surface area contributed by atoms with Crippen molar-refractivity contribution in [3.05, 3.63) is 90.0 Å². The van der Waals surface area contributed by atoms with Gasteiger partial charge in [-0.15, -0.1) is 0 Å². The molecule has 0 saturated heterocycles. The smallest absolute Gasteiger partial charge is 0.306 e. The second-order valence-electron chi connectivity index (χ2n) is 8.49. The van der Waals surface area contributed by atoms with E-state index in [-0.39, 0.29) is 18.1 Å². The van der Waals surface area contributed by atoms with Crippen LogP contribution in [0, 0.1) is 5.92 Å². The molecule has 0 aliphatic carbocycles. The minimum Gasteiger partial charge on any atom is -0.481 e. The van der Waals surface area contributed by atoms with Crippen LogP contribution in [0.25, 0.3) is 11.1 Å². The zero-order valence-electron chi connectivity index (χ0n) is 19.5. The van der Waals surface area contributed by atoms with Gasteiger partial charge in [-0.1, -0.05) is 80.1 Å². The molecule has 1 atom stereocenters. The molecule has 34 heavy (non-hydrogen) atoms. The van der Waals surface area contributed by atoms with Crippen molar-refractivity contribution in [3.63, 3.8) is 0 Å². The number of rotatable bonds is 12. The van der Waals surface area contributed by atoms with Crippen LogP contribution in [0.1, 0.15) is 54.9 Å². The number of hydrogen-bond acceptors (Lipinski definition) is 3. The summed E-state index contributed by atoms with van der Waals surface area (Å²) in [6.45, 7) is 2.05. The van der Waals surface area contributed by atoms with E-state index in [0.29, 0.717) is 24.8 Å². The lowest BCUT2D eigenvalue weighted by Crippen LogP contribution is -2.19. The van der Waals surface area contributed by atoms with Crippen LogP contribution in [0.2, 0.25) is 0 Å². The highest BCUT2D eigenvalue weighted by Gasteiger charge is 2.22. The summed E-state index contributed by atoms with van der Waals surface area (Å²) in [6, 6.07) is 24.5. The number of hydrogen-bond donors (Lipinski definition) is 2. The number of ketones is 1. The molecule has 0 aromatic heterocycles. The molecule has 0 radical (unpaired) electrons. The number of unbranched alkanes of at least 4 members (excludes halogenated alkanes) is 1. The number of carbonyl (C=O) groups is 3. The maximum Gasteiger partial charge on any atom is 0.306 e. The van der Waals surface area contributed by atoms with Crippen LogP contribution < -0.4 is 5.32 Å². The number of Topliss-reactive ketones (excluding diaryl/α,β-unsaturated/α-hetero) is 1. The summed E-state index contributed by atoms with van der Waals surface area (Å²) in [6.07, 6.45) is 3.39. The third kappa shape index (κ3) is 7.41. The second-order valence-corrected chi connectivity index (χ2v) is 8.49. The maximum atomic E-state index is 12.7. The van der Waals surface area contributed by atoms with Crippen molar-refractivity contribution in [2.75, 3.05) is 5.32 Å². The molecule has 176 valence electrons.